The highest BCUT2D eigenvalue weighted by atomic mass is 16.5. The lowest BCUT2D eigenvalue weighted by Gasteiger charge is -2.13. The smallest absolute Gasteiger partial charge is 0.326 e. The molecule has 6 nitrogen and oxygen atoms in total. The van der Waals surface area contributed by atoms with Crippen LogP contribution in [-0.2, 0) is 19.1 Å². The van der Waals surface area contributed by atoms with E-state index in [2.05, 4.69) is 10.1 Å². The van der Waals surface area contributed by atoms with Crippen LogP contribution < -0.4 is 5.32 Å². The molecule has 92 valence electrons. The molecule has 0 fully saturated rings. The Morgan fingerprint density at radius 3 is 2.44 bits per heavy atom. The molecular formula is C10H17NO5. The van der Waals surface area contributed by atoms with Gasteiger partial charge in [-0.3, -0.25) is 9.59 Å². The number of aliphatic carboxylic acids is 1. The van der Waals surface area contributed by atoms with E-state index >= 15 is 0 Å². The Hall–Kier alpha value is -1.59. The van der Waals surface area contributed by atoms with Crippen molar-refractivity contribution in [3.63, 3.8) is 0 Å². The molecule has 0 aliphatic carbocycles. The van der Waals surface area contributed by atoms with Gasteiger partial charge in [-0.05, 0) is 6.42 Å². The summed E-state index contributed by atoms with van der Waals surface area (Å²) in [7, 11) is 0. The molecule has 0 heterocycles. The molecule has 0 bridgehead atoms. The minimum atomic E-state index is -1.08. The van der Waals surface area contributed by atoms with E-state index in [-0.39, 0.29) is 0 Å². The van der Waals surface area contributed by atoms with Crippen LogP contribution in [0.5, 0.6) is 0 Å². The molecule has 0 aliphatic heterocycles. The number of carbonyl (C=O) groups is 3. The third-order valence-corrected chi connectivity index (χ3v) is 1.89. The van der Waals surface area contributed by atoms with E-state index in [4.69, 9.17) is 5.11 Å². The van der Waals surface area contributed by atoms with Gasteiger partial charge < -0.3 is 15.2 Å². The highest BCUT2D eigenvalue weighted by molar-refractivity contribution is 5.85. The van der Waals surface area contributed by atoms with Gasteiger partial charge in [-0.25, -0.2) is 4.79 Å². The van der Waals surface area contributed by atoms with Crippen LogP contribution in [0, 0.1) is 0 Å². The Bertz CT molecular complexity index is 264. The van der Waals surface area contributed by atoms with E-state index in [0.717, 1.165) is 6.42 Å². The van der Waals surface area contributed by atoms with Gasteiger partial charge in [0.05, 0.1) is 0 Å². The molecule has 6 heteroatoms. The van der Waals surface area contributed by atoms with Crippen LogP contribution in [0.15, 0.2) is 0 Å². The Kier molecular flexibility index (Phi) is 6.91. The van der Waals surface area contributed by atoms with Crippen molar-refractivity contribution < 1.29 is 24.2 Å². The van der Waals surface area contributed by atoms with E-state index in [1.165, 1.54) is 6.92 Å². The summed E-state index contributed by atoms with van der Waals surface area (Å²) in [5, 5.41) is 11.1. The Morgan fingerprint density at radius 2 is 2.00 bits per heavy atom. The van der Waals surface area contributed by atoms with Crippen molar-refractivity contribution in [2.24, 2.45) is 0 Å². The lowest BCUT2D eigenvalue weighted by atomic mass is 10.1. The van der Waals surface area contributed by atoms with Gasteiger partial charge >= 0.3 is 11.9 Å². The molecule has 0 aliphatic rings. The van der Waals surface area contributed by atoms with E-state index < -0.39 is 30.5 Å². The molecular weight excluding hydrogens is 214 g/mol. The topological polar surface area (TPSA) is 92.7 Å². The van der Waals surface area contributed by atoms with E-state index in [1.54, 1.807) is 0 Å². The van der Waals surface area contributed by atoms with Crippen molar-refractivity contribution in [3.05, 3.63) is 0 Å². The Morgan fingerprint density at radius 1 is 1.38 bits per heavy atom. The van der Waals surface area contributed by atoms with Crippen LogP contribution in [0.25, 0.3) is 0 Å². The second-order valence-corrected chi connectivity index (χ2v) is 3.38. The quantitative estimate of drug-likeness (QED) is 0.615. The number of hydrogen-bond acceptors (Lipinski definition) is 4. The average molecular weight is 231 g/mol. The molecule has 2 N–H and O–H groups in total. The molecule has 0 rings (SSSR count). The van der Waals surface area contributed by atoms with Gasteiger partial charge in [0.15, 0.2) is 6.61 Å². The fourth-order valence-electron chi connectivity index (χ4n) is 1.07. The molecule has 0 aromatic rings. The van der Waals surface area contributed by atoms with Crippen LogP contribution >= 0.6 is 0 Å². The lowest BCUT2D eigenvalue weighted by Crippen LogP contribution is -2.42. The normalized spacial score (nSPS) is 11.6. The molecule has 0 unspecified atom stereocenters. The zero-order valence-electron chi connectivity index (χ0n) is 9.49. The number of carboxylic acid groups (broad SMARTS) is 1. The van der Waals surface area contributed by atoms with Crippen molar-refractivity contribution >= 4 is 17.8 Å². The summed E-state index contributed by atoms with van der Waals surface area (Å²) in [6, 6.07) is -0.914. The first-order valence-corrected chi connectivity index (χ1v) is 5.13. The van der Waals surface area contributed by atoms with E-state index in [9.17, 15) is 14.4 Å². The highest BCUT2D eigenvalue weighted by Crippen LogP contribution is 2.00. The zero-order valence-corrected chi connectivity index (χ0v) is 9.49. The summed E-state index contributed by atoms with van der Waals surface area (Å²) in [4.78, 5) is 32.4. The minimum Gasteiger partial charge on any atom is -0.480 e. The first kappa shape index (κ1) is 14.4. The first-order chi connectivity index (χ1) is 7.47. The SMILES string of the molecule is CCCC[C@H](NC(=O)COC(C)=O)C(=O)O. The van der Waals surface area contributed by atoms with Crippen molar-refractivity contribution in [2.45, 2.75) is 39.2 Å². The summed E-state index contributed by atoms with van der Waals surface area (Å²) in [5.41, 5.74) is 0. The fraction of sp³-hybridized carbons (Fsp3) is 0.700. The predicted molar refractivity (Wildman–Crippen MR) is 55.7 cm³/mol. The number of ether oxygens (including phenoxy) is 1. The summed E-state index contributed by atoms with van der Waals surface area (Å²) in [5.74, 6) is -2.25. The molecule has 0 radical (unpaired) electrons. The second-order valence-electron chi connectivity index (χ2n) is 3.38. The van der Waals surface area contributed by atoms with Crippen LogP contribution in [0.2, 0.25) is 0 Å². The number of esters is 1. The summed E-state index contributed by atoms with van der Waals surface area (Å²) < 4.78 is 4.44. The summed E-state index contributed by atoms with van der Waals surface area (Å²) in [6.45, 7) is 2.67. The molecule has 0 aromatic carbocycles. The van der Waals surface area contributed by atoms with Gasteiger partial charge in [-0.15, -0.1) is 0 Å². The van der Waals surface area contributed by atoms with E-state index in [1.807, 2.05) is 6.92 Å². The highest BCUT2D eigenvalue weighted by Gasteiger charge is 2.19. The first-order valence-electron chi connectivity index (χ1n) is 5.13. The van der Waals surface area contributed by atoms with Crippen molar-refractivity contribution in [1.29, 1.82) is 0 Å². The summed E-state index contributed by atoms with van der Waals surface area (Å²) in [6.07, 6.45) is 1.94. The van der Waals surface area contributed by atoms with Crippen molar-refractivity contribution in [3.8, 4) is 0 Å². The fourth-order valence-corrected chi connectivity index (χ4v) is 1.07. The van der Waals surface area contributed by atoms with Crippen molar-refractivity contribution in [2.75, 3.05) is 6.61 Å². The lowest BCUT2D eigenvalue weighted by molar-refractivity contribution is -0.148. The van der Waals surface area contributed by atoms with Gasteiger partial charge in [0.25, 0.3) is 5.91 Å². The third-order valence-electron chi connectivity index (χ3n) is 1.89. The maximum Gasteiger partial charge on any atom is 0.326 e. The number of rotatable bonds is 7. The van der Waals surface area contributed by atoms with E-state index in [0.29, 0.717) is 12.8 Å². The molecule has 1 amide bonds. The number of unbranched alkanes of at least 4 members (excludes halogenated alkanes) is 1. The zero-order chi connectivity index (χ0) is 12.6. The average Bonchev–Trinajstić information content (AvgIpc) is 2.20. The molecule has 0 spiro atoms. The van der Waals surface area contributed by atoms with Gasteiger partial charge in [-0.1, -0.05) is 19.8 Å². The summed E-state index contributed by atoms with van der Waals surface area (Å²) >= 11 is 0. The second kappa shape index (κ2) is 7.67. The Balaban J connectivity index is 4.02. The van der Waals surface area contributed by atoms with Gasteiger partial charge in [0.1, 0.15) is 6.04 Å². The predicted octanol–water partition coefficient (Wildman–Crippen LogP) is 0.309. The number of amides is 1. The van der Waals surface area contributed by atoms with Crippen LogP contribution in [-0.4, -0.2) is 35.6 Å². The third kappa shape index (κ3) is 6.80. The number of carbonyl (C=O) groups excluding carboxylic acids is 2. The largest absolute Gasteiger partial charge is 0.480 e. The monoisotopic (exact) mass is 231 g/mol. The minimum absolute atomic E-state index is 0.373. The van der Waals surface area contributed by atoms with Gasteiger partial charge in [0, 0.05) is 6.92 Å². The Labute approximate surface area is 94.0 Å². The van der Waals surface area contributed by atoms with Gasteiger partial charge in [0.2, 0.25) is 0 Å². The van der Waals surface area contributed by atoms with Crippen LogP contribution in [0.4, 0.5) is 0 Å². The standard InChI is InChI=1S/C10H17NO5/c1-3-4-5-8(10(14)15)11-9(13)6-16-7(2)12/h8H,3-6H2,1-2H3,(H,11,13)(H,14,15)/t8-/m0/s1. The number of carboxylic acids is 1. The van der Waals surface area contributed by atoms with Gasteiger partial charge in [-0.2, -0.15) is 0 Å². The van der Waals surface area contributed by atoms with Crippen LogP contribution in [0.3, 0.4) is 0 Å². The maximum absolute atomic E-state index is 11.2. The van der Waals surface area contributed by atoms with Crippen LogP contribution in [0.1, 0.15) is 33.1 Å². The molecule has 0 saturated carbocycles. The molecule has 0 aromatic heterocycles. The number of hydrogen-bond donors (Lipinski definition) is 2. The van der Waals surface area contributed by atoms with Crippen molar-refractivity contribution in [1.82, 2.24) is 5.32 Å². The maximum atomic E-state index is 11.2. The number of nitrogens with one attached hydrogen (secondary N) is 1. The molecule has 0 saturated heterocycles. The molecule has 16 heavy (non-hydrogen) atoms. The molecule has 1 atom stereocenters.